The topological polar surface area (TPSA) is 34.4 Å². The van der Waals surface area contributed by atoms with Gasteiger partial charge in [-0.3, -0.25) is 0 Å². The lowest BCUT2D eigenvalue weighted by Gasteiger charge is -2.13. The molecule has 1 aromatic heterocycles. The SMILES string of the molecule is CCC(NCCCOC)c1ccco1. The van der Waals surface area contributed by atoms with Gasteiger partial charge in [-0.05, 0) is 31.5 Å². The third-order valence-corrected chi connectivity index (χ3v) is 2.21. The van der Waals surface area contributed by atoms with E-state index in [9.17, 15) is 0 Å². The van der Waals surface area contributed by atoms with Crippen molar-refractivity contribution in [2.24, 2.45) is 0 Å². The van der Waals surface area contributed by atoms with E-state index in [1.165, 1.54) is 0 Å². The van der Waals surface area contributed by atoms with E-state index in [4.69, 9.17) is 9.15 Å². The molecule has 3 heteroatoms. The van der Waals surface area contributed by atoms with E-state index in [2.05, 4.69) is 12.2 Å². The minimum absolute atomic E-state index is 0.335. The summed E-state index contributed by atoms with van der Waals surface area (Å²) in [6, 6.07) is 4.27. The van der Waals surface area contributed by atoms with Crippen LogP contribution in [0.1, 0.15) is 31.6 Å². The molecule has 0 spiro atoms. The predicted octanol–water partition coefficient (Wildman–Crippen LogP) is 2.36. The van der Waals surface area contributed by atoms with Gasteiger partial charge in [0.1, 0.15) is 5.76 Å². The lowest BCUT2D eigenvalue weighted by atomic mass is 10.1. The summed E-state index contributed by atoms with van der Waals surface area (Å²) in [6.45, 7) is 3.92. The van der Waals surface area contributed by atoms with Crippen molar-refractivity contribution >= 4 is 0 Å². The van der Waals surface area contributed by atoms with E-state index in [1.807, 2.05) is 12.1 Å². The van der Waals surface area contributed by atoms with Gasteiger partial charge in [-0.25, -0.2) is 0 Å². The minimum Gasteiger partial charge on any atom is -0.468 e. The molecule has 0 aliphatic rings. The first-order valence-corrected chi connectivity index (χ1v) is 5.14. The summed E-state index contributed by atoms with van der Waals surface area (Å²) >= 11 is 0. The molecule has 0 saturated carbocycles. The van der Waals surface area contributed by atoms with Gasteiger partial charge in [0.2, 0.25) is 0 Å². The Kier molecular flexibility index (Phi) is 5.33. The van der Waals surface area contributed by atoms with Crippen molar-refractivity contribution in [2.45, 2.75) is 25.8 Å². The summed E-state index contributed by atoms with van der Waals surface area (Å²) < 4.78 is 10.3. The van der Waals surface area contributed by atoms with Gasteiger partial charge in [-0.1, -0.05) is 6.92 Å². The summed E-state index contributed by atoms with van der Waals surface area (Å²) in [7, 11) is 1.73. The fourth-order valence-electron chi connectivity index (χ4n) is 1.43. The molecule has 1 unspecified atom stereocenters. The second-order valence-electron chi connectivity index (χ2n) is 3.28. The number of furan rings is 1. The average molecular weight is 197 g/mol. The van der Waals surface area contributed by atoms with Gasteiger partial charge in [-0.2, -0.15) is 0 Å². The standard InChI is InChI=1S/C11H19NO2/c1-3-10(11-6-4-9-14-11)12-7-5-8-13-2/h4,6,9-10,12H,3,5,7-8H2,1-2H3. The number of hydrogen-bond donors (Lipinski definition) is 1. The van der Waals surface area contributed by atoms with Crippen LogP contribution in [-0.4, -0.2) is 20.3 Å². The van der Waals surface area contributed by atoms with Crippen molar-refractivity contribution in [3.8, 4) is 0 Å². The Balaban J connectivity index is 2.26. The highest BCUT2D eigenvalue weighted by molar-refractivity contribution is 5.03. The highest BCUT2D eigenvalue weighted by atomic mass is 16.5. The van der Waals surface area contributed by atoms with E-state index in [-0.39, 0.29) is 0 Å². The largest absolute Gasteiger partial charge is 0.468 e. The van der Waals surface area contributed by atoms with Crippen molar-refractivity contribution < 1.29 is 9.15 Å². The van der Waals surface area contributed by atoms with E-state index in [1.54, 1.807) is 13.4 Å². The zero-order chi connectivity index (χ0) is 10.2. The van der Waals surface area contributed by atoms with Crippen LogP contribution in [0.15, 0.2) is 22.8 Å². The molecule has 14 heavy (non-hydrogen) atoms. The van der Waals surface area contributed by atoms with Gasteiger partial charge in [0, 0.05) is 13.7 Å². The number of ether oxygens (including phenoxy) is 1. The second-order valence-corrected chi connectivity index (χ2v) is 3.28. The number of nitrogens with one attached hydrogen (secondary N) is 1. The Morgan fingerprint density at radius 1 is 1.57 bits per heavy atom. The highest BCUT2D eigenvalue weighted by Gasteiger charge is 2.09. The molecule has 1 atom stereocenters. The highest BCUT2D eigenvalue weighted by Crippen LogP contribution is 2.16. The van der Waals surface area contributed by atoms with Crippen LogP contribution in [0.3, 0.4) is 0 Å². The van der Waals surface area contributed by atoms with E-state index < -0.39 is 0 Å². The molecule has 1 N–H and O–H groups in total. The summed E-state index contributed by atoms with van der Waals surface area (Å²) in [5.41, 5.74) is 0. The first kappa shape index (κ1) is 11.3. The van der Waals surface area contributed by atoms with Gasteiger partial charge in [0.05, 0.1) is 12.3 Å². The van der Waals surface area contributed by atoms with Crippen LogP contribution in [-0.2, 0) is 4.74 Å². The maximum Gasteiger partial charge on any atom is 0.120 e. The maximum atomic E-state index is 5.35. The quantitative estimate of drug-likeness (QED) is 0.681. The fraction of sp³-hybridized carbons (Fsp3) is 0.636. The normalized spacial score (nSPS) is 13.0. The molecule has 0 aromatic carbocycles. The predicted molar refractivity (Wildman–Crippen MR) is 56.2 cm³/mol. The molecule has 0 bridgehead atoms. The van der Waals surface area contributed by atoms with Crippen LogP contribution in [0.4, 0.5) is 0 Å². The first-order chi connectivity index (χ1) is 6.88. The molecule has 0 aliphatic heterocycles. The molecular weight excluding hydrogens is 178 g/mol. The maximum absolute atomic E-state index is 5.35. The minimum atomic E-state index is 0.335. The van der Waals surface area contributed by atoms with Crippen molar-refractivity contribution in [3.63, 3.8) is 0 Å². The summed E-state index contributed by atoms with van der Waals surface area (Å²) in [5.74, 6) is 1.02. The van der Waals surface area contributed by atoms with Crippen LogP contribution < -0.4 is 5.32 Å². The Bertz CT molecular complexity index is 221. The Labute approximate surface area is 85.4 Å². The molecule has 0 saturated heterocycles. The van der Waals surface area contributed by atoms with E-state index >= 15 is 0 Å². The van der Waals surface area contributed by atoms with Gasteiger partial charge >= 0.3 is 0 Å². The van der Waals surface area contributed by atoms with Crippen LogP contribution in [0.25, 0.3) is 0 Å². The Hall–Kier alpha value is -0.800. The van der Waals surface area contributed by atoms with E-state index in [0.717, 1.165) is 31.8 Å². The second kappa shape index (κ2) is 6.62. The zero-order valence-electron chi connectivity index (χ0n) is 8.95. The van der Waals surface area contributed by atoms with Crippen molar-refractivity contribution in [1.29, 1.82) is 0 Å². The van der Waals surface area contributed by atoms with Crippen LogP contribution >= 0.6 is 0 Å². The lowest BCUT2D eigenvalue weighted by Crippen LogP contribution is -2.22. The molecule has 1 aromatic rings. The summed E-state index contributed by atoms with van der Waals surface area (Å²) in [4.78, 5) is 0. The zero-order valence-corrected chi connectivity index (χ0v) is 8.95. The molecule has 0 fully saturated rings. The van der Waals surface area contributed by atoms with Crippen LogP contribution in [0.2, 0.25) is 0 Å². The van der Waals surface area contributed by atoms with Gasteiger partial charge < -0.3 is 14.5 Å². The molecular formula is C11H19NO2. The smallest absolute Gasteiger partial charge is 0.120 e. The molecule has 1 heterocycles. The van der Waals surface area contributed by atoms with Crippen LogP contribution in [0, 0.1) is 0 Å². The molecule has 3 nitrogen and oxygen atoms in total. The molecule has 0 amide bonds. The Morgan fingerprint density at radius 3 is 3.00 bits per heavy atom. The van der Waals surface area contributed by atoms with Gasteiger partial charge in [-0.15, -0.1) is 0 Å². The third kappa shape index (κ3) is 3.52. The van der Waals surface area contributed by atoms with Crippen LogP contribution in [0.5, 0.6) is 0 Å². The van der Waals surface area contributed by atoms with Gasteiger partial charge in [0.25, 0.3) is 0 Å². The van der Waals surface area contributed by atoms with Gasteiger partial charge in [0.15, 0.2) is 0 Å². The van der Waals surface area contributed by atoms with Crippen molar-refractivity contribution in [3.05, 3.63) is 24.2 Å². The Morgan fingerprint density at radius 2 is 2.43 bits per heavy atom. The number of hydrogen-bond acceptors (Lipinski definition) is 3. The molecule has 1 rings (SSSR count). The van der Waals surface area contributed by atoms with Crippen molar-refractivity contribution in [1.82, 2.24) is 5.32 Å². The third-order valence-electron chi connectivity index (χ3n) is 2.21. The molecule has 0 aliphatic carbocycles. The summed E-state index contributed by atoms with van der Waals surface area (Å²) in [5, 5.41) is 3.43. The number of rotatable bonds is 7. The van der Waals surface area contributed by atoms with E-state index in [0.29, 0.717) is 6.04 Å². The van der Waals surface area contributed by atoms with Crippen molar-refractivity contribution in [2.75, 3.05) is 20.3 Å². The fourth-order valence-corrected chi connectivity index (χ4v) is 1.43. The summed E-state index contributed by atoms with van der Waals surface area (Å²) in [6.07, 6.45) is 3.79. The number of methoxy groups -OCH3 is 1. The molecule has 80 valence electrons. The first-order valence-electron chi connectivity index (χ1n) is 5.14. The molecule has 0 radical (unpaired) electrons. The average Bonchev–Trinajstić information content (AvgIpc) is 2.71. The lowest BCUT2D eigenvalue weighted by molar-refractivity contribution is 0.192. The monoisotopic (exact) mass is 197 g/mol.